The number of hydrogen-bond donors (Lipinski definition) is 7. The van der Waals surface area contributed by atoms with E-state index < -0.39 is 29.9 Å². The van der Waals surface area contributed by atoms with Crippen LogP contribution in [0.1, 0.15) is 32.6 Å². The Morgan fingerprint density at radius 3 is 1.73 bits per heavy atom. The zero-order chi connectivity index (χ0) is 20.1. The van der Waals surface area contributed by atoms with Gasteiger partial charge in [-0.1, -0.05) is 0 Å². The fourth-order valence-corrected chi connectivity index (χ4v) is 2.05. The van der Waals surface area contributed by atoms with Crippen LogP contribution >= 0.6 is 0 Å². The SMILES string of the molecule is CC(=O)N[C@@H](CCCN=C(N)N)C(=O)N[C@@H](CCCN=C(N)N)C(=O)O. The van der Waals surface area contributed by atoms with E-state index in [2.05, 4.69) is 20.6 Å². The highest BCUT2D eigenvalue weighted by Crippen LogP contribution is 2.03. The van der Waals surface area contributed by atoms with Gasteiger partial charge in [-0.05, 0) is 25.7 Å². The number of guanidine groups is 2. The van der Waals surface area contributed by atoms with Crippen LogP contribution in [0, 0.1) is 0 Å². The molecule has 0 aliphatic rings. The molecule has 0 aromatic rings. The van der Waals surface area contributed by atoms with Crippen molar-refractivity contribution >= 4 is 29.7 Å². The summed E-state index contributed by atoms with van der Waals surface area (Å²) in [4.78, 5) is 42.5. The molecule has 0 saturated carbocycles. The van der Waals surface area contributed by atoms with Gasteiger partial charge in [0.05, 0.1) is 0 Å². The van der Waals surface area contributed by atoms with Gasteiger partial charge in [0.25, 0.3) is 0 Å². The molecule has 0 fully saturated rings. The summed E-state index contributed by atoms with van der Waals surface area (Å²) in [5, 5.41) is 14.1. The molecular weight excluding hydrogens is 344 g/mol. The highest BCUT2D eigenvalue weighted by atomic mass is 16.4. The van der Waals surface area contributed by atoms with Crippen molar-refractivity contribution in [1.29, 1.82) is 0 Å². The Hall–Kier alpha value is -3.05. The van der Waals surface area contributed by atoms with Gasteiger partial charge in [0.15, 0.2) is 11.9 Å². The maximum absolute atomic E-state index is 12.3. The fraction of sp³-hybridized carbons (Fsp3) is 0.643. The van der Waals surface area contributed by atoms with E-state index in [0.717, 1.165) is 0 Å². The Morgan fingerprint density at radius 2 is 1.35 bits per heavy atom. The molecule has 148 valence electrons. The largest absolute Gasteiger partial charge is 0.480 e. The van der Waals surface area contributed by atoms with Crippen molar-refractivity contribution in [1.82, 2.24) is 10.6 Å². The van der Waals surface area contributed by atoms with Crippen molar-refractivity contribution in [2.24, 2.45) is 32.9 Å². The smallest absolute Gasteiger partial charge is 0.326 e. The van der Waals surface area contributed by atoms with E-state index in [0.29, 0.717) is 12.8 Å². The van der Waals surface area contributed by atoms with Crippen molar-refractivity contribution in [2.45, 2.75) is 44.7 Å². The molecule has 0 rings (SSSR count). The number of nitrogens with zero attached hydrogens (tertiary/aromatic N) is 2. The second-order valence-electron chi connectivity index (χ2n) is 5.55. The van der Waals surface area contributed by atoms with E-state index in [1.54, 1.807) is 0 Å². The molecule has 0 aromatic heterocycles. The second-order valence-corrected chi connectivity index (χ2v) is 5.55. The first-order chi connectivity index (χ1) is 12.1. The Morgan fingerprint density at radius 1 is 0.885 bits per heavy atom. The number of aliphatic carboxylic acids is 1. The summed E-state index contributed by atoms with van der Waals surface area (Å²) < 4.78 is 0. The highest BCUT2D eigenvalue weighted by Gasteiger charge is 2.25. The van der Waals surface area contributed by atoms with Crippen molar-refractivity contribution in [3.05, 3.63) is 0 Å². The first-order valence-corrected chi connectivity index (χ1v) is 8.04. The molecule has 2 atom stereocenters. The van der Waals surface area contributed by atoms with Crippen LogP contribution in [-0.4, -0.2) is 60.0 Å². The normalized spacial score (nSPS) is 12.3. The molecule has 11 N–H and O–H groups in total. The molecule has 12 heteroatoms. The fourth-order valence-electron chi connectivity index (χ4n) is 2.05. The third kappa shape index (κ3) is 11.5. The highest BCUT2D eigenvalue weighted by molar-refractivity contribution is 5.89. The predicted molar refractivity (Wildman–Crippen MR) is 97.0 cm³/mol. The standard InChI is InChI=1S/C14H28N8O4/c1-8(23)21-9(4-2-6-19-13(15)16)11(24)22-10(12(25)26)5-3-7-20-14(17)18/h9-10H,2-7H2,1H3,(H,21,23)(H,22,24)(H,25,26)(H4,15,16,19)(H4,17,18,20)/t9-,10-/m0/s1. The molecule has 0 saturated heterocycles. The molecule has 26 heavy (non-hydrogen) atoms. The van der Waals surface area contributed by atoms with E-state index >= 15 is 0 Å². The lowest BCUT2D eigenvalue weighted by Gasteiger charge is -2.20. The molecule has 0 aromatic carbocycles. The van der Waals surface area contributed by atoms with Gasteiger partial charge in [-0.25, -0.2) is 4.79 Å². The third-order valence-electron chi connectivity index (χ3n) is 3.20. The number of amides is 2. The molecule has 0 unspecified atom stereocenters. The Kier molecular flexibility index (Phi) is 10.9. The lowest BCUT2D eigenvalue weighted by molar-refractivity contribution is -0.142. The summed E-state index contributed by atoms with van der Waals surface area (Å²) in [5.41, 5.74) is 20.8. The monoisotopic (exact) mass is 372 g/mol. The Bertz CT molecular complexity index is 541. The minimum atomic E-state index is -1.19. The molecule has 0 heterocycles. The summed E-state index contributed by atoms with van der Waals surface area (Å²) in [7, 11) is 0. The van der Waals surface area contributed by atoms with Gasteiger partial charge in [0.1, 0.15) is 12.1 Å². The average molecular weight is 372 g/mol. The summed E-state index contributed by atoms with van der Waals surface area (Å²) in [6.45, 7) is 1.79. The molecule has 0 spiro atoms. The molecule has 2 amide bonds. The van der Waals surface area contributed by atoms with Crippen LogP contribution in [-0.2, 0) is 14.4 Å². The van der Waals surface area contributed by atoms with Gasteiger partial charge in [-0.2, -0.15) is 0 Å². The van der Waals surface area contributed by atoms with Crippen molar-refractivity contribution < 1.29 is 19.5 Å². The van der Waals surface area contributed by atoms with Crippen LogP contribution < -0.4 is 33.6 Å². The number of nitrogens with two attached hydrogens (primary N) is 4. The first kappa shape index (κ1) is 22.9. The van der Waals surface area contributed by atoms with Crippen molar-refractivity contribution in [2.75, 3.05) is 13.1 Å². The third-order valence-corrected chi connectivity index (χ3v) is 3.20. The molecule has 0 bridgehead atoms. The molecule has 0 aliphatic carbocycles. The van der Waals surface area contributed by atoms with Crippen LogP contribution in [0.3, 0.4) is 0 Å². The zero-order valence-corrected chi connectivity index (χ0v) is 14.8. The second kappa shape index (κ2) is 12.3. The number of carbonyl (C=O) groups excluding carboxylic acids is 2. The lowest BCUT2D eigenvalue weighted by Crippen LogP contribution is -2.51. The summed E-state index contributed by atoms with van der Waals surface area (Å²) in [6, 6.07) is -2.01. The Labute approximate surface area is 151 Å². The number of aliphatic imine (C=N–C) groups is 2. The lowest BCUT2D eigenvalue weighted by atomic mass is 10.1. The van der Waals surface area contributed by atoms with E-state index in [1.807, 2.05) is 0 Å². The van der Waals surface area contributed by atoms with Crippen LogP contribution in [0.5, 0.6) is 0 Å². The average Bonchev–Trinajstić information content (AvgIpc) is 2.51. The minimum Gasteiger partial charge on any atom is -0.480 e. The van der Waals surface area contributed by atoms with Crippen LogP contribution in [0.4, 0.5) is 0 Å². The molecule has 0 aliphatic heterocycles. The predicted octanol–water partition coefficient (Wildman–Crippen LogP) is -2.83. The van der Waals surface area contributed by atoms with Crippen molar-refractivity contribution in [3.8, 4) is 0 Å². The number of nitrogens with one attached hydrogen (secondary N) is 2. The first-order valence-electron chi connectivity index (χ1n) is 8.04. The van der Waals surface area contributed by atoms with E-state index in [4.69, 9.17) is 22.9 Å². The number of rotatable bonds is 12. The van der Waals surface area contributed by atoms with Gasteiger partial charge < -0.3 is 38.7 Å². The van der Waals surface area contributed by atoms with E-state index in [9.17, 15) is 19.5 Å². The maximum Gasteiger partial charge on any atom is 0.326 e. The number of hydrogen-bond acceptors (Lipinski definition) is 5. The van der Waals surface area contributed by atoms with E-state index in [-0.39, 0.29) is 37.9 Å². The van der Waals surface area contributed by atoms with Gasteiger partial charge >= 0.3 is 5.97 Å². The molecular formula is C14H28N8O4. The number of carboxylic acids is 1. The zero-order valence-electron chi connectivity index (χ0n) is 14.8. The van der Waals surface area contributed by atoms with E-state index in [1.165, 1.54) is 6.92 Å². The minimum absolute atomic E-state index is 0.0720. The van der Waals surface area contributed by atoms with Crippen LogP contribution in [0.15, 0.2) is 9.98 Å². The molecule has 12 nitrogen and oxygen atoms in total. The Balaban J connectivity index is 4.72. The number of carboxylic acid groups (broad SMARTS) is 1. The maximum atomic E-state index is 12.3. The summed E-state index contributed by atoms with van der Waals surface area (Å²) in [6.07, 6.45) is 1.18. The van der Waals surface area contributed by atoms with Crippen LogP contribution in [0.2, 0.25) is 0 Å². The number of carbonyl (C=O) groups is 3. The topological polar surface area (TPSA) is 224 Å². The molecule has 0 radical (unpaired) electrons. The van der Waals surface area contributed by atoms with Gasteiger partial charge in [0, 0.05) is 20.0 Å². The van der Waals surface area contributed by atoms with Gasteiger partial charge in [-0.15, -0.1) is 0 Å². The quantitative estimate of drug-likeness (QED) is 0.107. The summed E-state index contributed by atoms with van der Waals surface area (Å²) in [5.74, 6) is -2.36. The van der Waals surface area contributed by atoms with Crippen LogP contribution in [0.25, 0.3) is 0 Å². The van der Waals surface area contributed by atoms with Gasteiger partial charge in [-0.3, -0.25) is 19.6 Å². The van der Waals surface area contributed by atoms with Gasteiger partial charge in [0.2, 0.25) is 11.8 Å². The van der Waals surface area contributed by atoms with Crippen molar-refractivity contribution in [3.63, 3.8) is 0 Å². The summed E-state index contributed by atoms with van der Waals surface area (Å²) >= 11 is 0.